The fourth-order valence-corrected chi connectivity index (χ4v) is 4.61. The minimum Gasteiger partial charge on any atom is -0.115 e. The van der Waals surface area contributed by atoms with E-state index in [0.717, 1.165) is 5.56 Å². The molecule has 0 saturated heterocycles. The number of benzene rings is 1. The molecule has 0 unspecified atom stereocenters. The third kappa shape index (κ3) is 2.87. The Balaban J connectivity index is 3.41. The zero-order valence-corrected chi connectivity index (χ0v) is 13.3. The van der Waals surface area contributed by atoms with Crippen LogP contribution < -0.4 is 10.4 Å². The summed E-state index contributed by atoms with van der Waals surface area (Å²) in [5.74, 6) is 2.83. The molecule has 0 spiro atoms. The summed E-state index contributed by atoms with van der Waals surface area (Å²) in [6.45, 7) is 14.2. The fraction of sp³-hybridized carbons (Fsp3) is 0.429. The van der Waals surface area contributed by atoms with Crippen molar-refractivity contribution in [1.82, 2.24) is 0 Å². The van der Waals surface area contributed by atoms with Crippen molar-refractivity contribution >= 4 is 26.5 Å². The van der Waals surface area contributed by atoms with Crippen LogP contribution in [0.15, 0.2) is 18.2 Å². The summed E-state index contributed by atoms with van der Waals surface area (Å²) >= 11 is 0. The summed E-state index contributed by atoms with van der Waals surface area (Å²) in [5.41, 5.74) is 1.10. The molecule has 0 aromatic heterocycles. The van der Waals surface area contributed by atoms with Crippen molar-refractivity contribution in [2.24, 2.45) is 0 Å². The van der Waals surface area contributed by atoms with Crippen LogP contribution in [-0.4, -0.2) is 16.1 Å². The number of hydrogen-bond acceptors (Lipinski definition) is 0. The molecule has 0 N–H and O–H groups in total. The van der Waals surface area contributed by atoms with Crippen molar-refractivity contribution in [3.05, 3.63) is 23.8 Å². The van der Waals surface area contributed by atoms with Gasteiger partial charge in [0.25, 0.3) is 0 Å². The summed E-state index contributed by atoms with van der Waals surface area (Å²) in [5, 5.41) is 2.96. The molecule has 0 aliphatic carbocycles. The van der Waals surface area contributed by atoms with Crippen LogP contribution >= 0.6 is 0 Å². The van der Waals surface area contributed by atoms with Crippen LogP contribution in [0.1, 0.15) is 5.56 Å². The van der Waals surface area contributed by atoms with Crippen LogP contribution in [0.4, 0.5) is 0 Å². The molecule has 0 atom stereocenters. The number of rotatable bonds is 2. The van der Waals surface area contributed by atoms with Crippen molar-refractivity contribution in [1.29, 1.82) is 0 Å². The van der Waals surface area contributed by atoms with Crippen molar-refractivity contribution < 1.29 is 0 Å². The van der Waals surface area contributed by atoms with Gasteiger partial charge in [-0.15, -0.1) is 6.42 Å². The van der Waals surface area contributed by atoms with Crippen LogP contribution in [0.3, 0.4) is 0 Å². The second kappa shape index (κ2) is 4.23. The highest BCUT2D eigenvalue weighted by molar-refractivity contribution is 6.91. The fourth-order valence-electron chi connectivity index (χ4n) is 1.76. The van der Waals surface area contributed by atoms with Crippen LogP contribution in [0.25, 0.3) is 0 Å². The molecule has 0 amide bonds. The molecule has 1 aromatic rings. The molecule has 0 nitrogen and oxygen atoms in total. The SMILES string of the molecule is C#Cc1ccc([Si](C)(C)C)cc1[Si](C)(C)C. The maximum Gasteiger partial charge on any atom is 0.0792 e. The van der Waals surface area contributed by atoms with Gasteiger partial charge in [0.1, 0.15) is 0 Å². The largest absolute Gasteiger partial charge is 0.115 e. The molecule has 0 aliphatic heterocycles. The topological polar surface area (TPSA) is 0 Å². The first-order chi connectivity index (χ1) is 7.16. The zero-order valence-electron chi connectivity index (χ0n) is 11.3. The van der Waals surface area contributed by atoms with Crippen molar-refractivity contribution in [3.8, 4) is 12.3 Å². The summed E-state index contributed by atoms with van der Waals surface area (Å²) in [6.07, 6.45) is 5.59. The lowest BCUT2D eigenvalue weighted by atomic mass is 10.2. The Bertz CT molecular complexity index is 426. The van der Waals surface area contributed by atoms with E-state index in [1.807, 2.05) is 0 Å². The molecule has 0 fully saturated rings. The zero-order chi connectivity index (χ0) is 12.6. The second-order valence-electron chi connectivity index (χ2n) is 6.40. The van der Waals surface area contributed by atoms with Crippen LogP contribution in [0.5, 0.6) is 0 Å². The van der Waals surface area contributed by atoms with Gasteiger partial charge in [-0.25, -0.2) is 0 Å². The van der Waals surface area contributed by atoms with E-state index in [1.165, 1.54) is 10.4 Å². The standard InChI is InChI=1S/C14H22Si2/c1-8-12-9-10-13(15(2,3)4)11-14(12)16(5,6)7/h1,9-11H,2-7H3. The number of hydrogen-bond donors (Lipinski definition) is 0. The van der Waals surface area contributed by atoms with Gasteiger partial charge in [0.2, 0.25) is 0 Å². The first-order valence-corrected chi connectivity index (χ1v) is 12.8. The number of terminal acetylenes is 1. The quantitative estimate of drug-likeness (QED) is 0.556. The Labute approximate surface area is 102 Å². The molecular formula is C14H22Si2. The lowest BCUT2D eigenvalue weighted by Gasteiger charge is -2.24. The van der Waals surface area contributed by atoms with E-state index in [4.69, 9.17) is 6.42 Å². The summed E-state index contributed by atoms with van der Waals surface area (Å²) in [7, 11) is -2.55. The summed E-state index contributed by atoms with van der Waals surface area (Å²) in [6, 6.07) is 6.75. The van der Waals surface area contributed by atoms with Crippen molar-refractivity contribution in [2.45, 2.75) is 39.3 Å². The monoisotopic (exact) mass is 246 g/mol. The Morgan fingerprint density at radius 3 is 1.88 bits per heavy atom. The highest BCUT2D eigenvalue weighted by Gasteiger charge is 2.23. The minimum absolute atomic E-state index is 1.10. The summed E-state index contributed by atoms with van der Waals surface area (Å²) < 4.78 is 0. The van der Waals surface area contributed by atoms with Gasteiger partial charge >= 0.3 is 0 Å². The van der Waals surface area contributed by atoms with Gasteiger partial charge in [-0.2, -0.15) is 0 Å². The van der Waals surface area contributed by atoms with Gasteiger partial charge in [-0.05, 0) is 11.3 Å². The molecule has 1 aromatic carbocycles. The molecule has 2 heteroatoms. The van der Waals surface area contributed by atoms with Gasteiger partial charge in [0.05, 0.1) is 16.1 Å². The molecule has 0 aliphatic rings. The Hall–Kier alpha value is -0.786. The highest BCUT2D eigenvalue weighted by Crippen LogP contribution is 2.08. The van der Waals surface area contributed by atoms with Crippen molar-refractivity contribution in [2.75, 3.05) is 0 Å². The van der Waals surface area contributed by atoms with Gasteiger partial charge in [0.15, 0.2) is 0 Å². The smallest absolute Gasteiger partial charge is 0.0792 e. The molecule has 16 heavy (non-hydrogen) atoms. The van der Waals surface area contributed by atoms with E-state index in [-0.39, 0.29) is 0 Å². The van der Waals surface area contributed by atoms with Crippen LogP contribution in [-0.2, 0) is 0 Å². The molecule has 86 valence electrons. The Morgan fingerprint density at radius 2 is 1.50 bits per heavy atom. The predicted molar refractivity (Wildman–Crippen MR) is 80.3 cm³/mol. The second-order valence-corrected chi connectivity index (χ2v) is 16.5. The average Bonchev–Trinajstić information content (AvgIpc) is 2.14. The van der Waals surface area contributed by atoms with E-state index in [9.17, 15) is 0 Å². The molecular weight excluding hydrogens is 224 g/mol. The molecule has 0 radical (unpaired) electrons. The normalized spacial score (nSPS) is 12.3. The van der Waals surface area contributed by atoms with E-state index < -0.39 is 16.1 Å². The Morgan fingerprint density at radius 1 is 0.938 bits per heavy atom. The molecule has 0 saturated carbocycles. The van der Waals surface area contributed by atoms with Gasteiger partial charge in [-0.3, -0.25) is 0 Å². The lowest BCUT2D eigenvalue weighted by molar-refractivity contribution is 1.63. The predicted octanol–water partition coefficient (Wildman–Crippen LogP) is 2.76. The highest BCUT2D eigenvalue weighted by atomic mass is 28.3. The molecule has 0 bridgehead atoms. The molecule has 0 heterocycles. The third-order valence-electron chi connectivity index (χ3n) is 2.85. The van der Waals surface area contributed by atoms with Gasteiger partial charge < -0.3 is 0 Å². The summed E-state index contributed by atoms with van der Waals surface area (Å²) in [4.78, 5) is 0. The van der Waals surface area contributed by atoms with Gasteiger partial charge in [-0.1, -0.05) is 62.5 Å². The van der Waals surface area contributed by atoms with E-state index >= 15 is 0 Å². The van der Waals surface area contributed by atoms with Crippen LogP contribution in [0.2, 0.25) is 39.3 Å². The third-order valence-corrected chi connectivity index (χ3v) is 6.92. The maximum atomic E-state index is 5.59. The van der Waals surface area contributed by atoms with Crippen molar-refractivity contribution in [3.63, 3.8) is 0 Å². The maximum absolute atomic E-state index is 5.59. The first kappa shape index (κ1) is 13.3. The molecule has 1 rings (SSSR count). The Kier molecular flexibility index (Phi) is 3.51. The van der Waals surface area contributed by atoms with E-state index in [2.05, 4.69) is 63.4 Å². The van der Waals surface area contributed by atoms with E-state index in [1.54, 1.807) is 0 Å². The minimum atomic E-state index is -1.33. The van der Waals surface area contributed by atoms with Crippen LogP contribution in [0, 0.1) is 12.3 Å². The lowest BCUT2D eigenvalue weighted by Crippen LogP contribution is -2.46. The first-order valence-electron chi connectivity index (χ1n) is 5.78. The average molecular weight is 247 g/mol. The van der Waals surface area contributed by atoms with E-state index in [0.29, 0.717) is 0 Å². The van der Waals surface area contributed by atoms with Gasteiger partial charge in [0, 0.05) is 5.56 Å².